The van der Waals surface area contributed by atoms with Crippen molar-refractivity contribution in [3.8, 4) is 11.3 Å². The summed E-state index contributed by atoms with van der Waals surface area (Å²) in [5.74, 6) is 0.485. The molecule has 142 valence electrons. The fraction of sp³-hybridized carbons (Fsp3) is 0.294. The number of hydrogen-bond donors (Lipinski definition) is 2. The van der Waals surface area contributed by atoms with E-state index in [0.717, 1.165) is 41.2 Å². The number of amides is 1. The lowest BCUT2D eigenvalue weighted by molar-refractivity contribution is -0.117. The van der Waals surface area contributed by atoms with Crippen LogP contribution < -0.4 is 11.5 Å². The van der Waals surface area contributed by atoms with Gasteiger partial charge < -0.3 is 16.0 Å². The van der Waals surface area contributed by atoms with Gasteiger partial charge in [-0.1, -0.05) is 11.6 Å². The second-order valence-corrected chi connectivity index (χ2v) is 7.16. The zero-order valence-electron chi connectivity index (χ0n) is 14.0. The molecule has 1 amide bonds. The van der Waals surface area contributed by atoms with Crippen LogP contribution in [0.2, 0.25) is 5.02 Å². The van der Waals surface area contributed by atoms with E-state index < -0.39 is 5.91 Å². The summed E-state index contributed by atoms with van der Waals surface area (Å²) in [6, 6.07) is 3.85. The van der Waals surface area contributed by atoms with Gasteiger partial charge in [0, 0.05) is 48.1 Å². The highest BCUT2D eigenvalue weighted by atomic mass is 35.5. The van der Waals surface area contributed by atoms with Gasteiger partial charge in [-0.25, -0.2) is 0 Å². The largest absolute Gasteiger partial charge is 0.369 e. The highest BCUT2D eigenvalue weighted by Gasteiger charge is 2.25. The van der Waals surface area contributed by atoms with Gasteiger partial charge in [0.15, 0.2) is 0 Å². The molecule has 5 nitrogen and oxygen atoms in total. The van der Waals surface area contributed by atoms with Crippen molar-refractivity contribution in [3.63, 3.8) is 0 Å². The molecule has 0 unspecified atom stereocenters. The van der Waals surface area contributed by atoms with Crippen LogP contribution >= 0.6 is 48.2 Å². The van der Waals surface area contributed by atoms with Crippen molar-refractivity contribution >= 4 is 60.2 Å². The maximum absolute atomic E-state index is 11.5. The summed E-state index contributed by atoms with van der Waals surface area (Å²) < 4.78 is 2.16. The summed E-state index contributed by atoms with van der Waals surface area (Å²) >= 11 is 8.39. The van der Waals surface area contributed by atoms with Crippen LogP contribution in [0.15, 0.2) is 29.4 Å². The first-order valence-electron chi connectivity index (χ1n) is 7.74. The molecule has 3 heterocycles. The maximum atomic E-state index is 11.5. The summed E-state index contributed by atoms with van der Waals surface area (Å²) in [5.41, 5.74) is 14.6. The number of hydrogen-bond acceptors (Lipinski definition) is 4. The average molecular weight is 436 g/mol. The summed E-state index contributed by atoms with van der Waals surface area (Å²) in [7, 11) is 0. The first-order chi connectivity index (χ1) is 11.6. The zero-order chi connectivity index (χ0) is 17.1. The molecule has 26 heavy (non-hydrogen) atoms. The van der Waals surface area contributed by atoms with Crippen molar-refractivity contribution in [2.45, 2.75) is 19.4 Å². The molecule has 0 radical (unpaired) electrons. The molecule has 4 N–H and O–H groups in total. The SMILES string of the molecule is Cl.Cl.NCCSC1=Cc2c(CC(N)=O)c(Cl)c(-c3cccnc3)n2CC1. The van der Waals surface area contributed by atoms with E-state index in [0.29, 0.717) is 11.6 Å². The Labute approximate surface area is 174 Å². The first kappa shape index (κ1) is 22.9. The molecule has 0 saturated carbocycles. The minimum absolute atomic E-state index is 0. The number of thioether (sulfide) groups is 1. The molecular formula is C17H21Cl3N4OS. The van der Waals surface area contributed by atoms with E-state index in [2.05, 4.69) is 15.6 Å². The van der Waals surface area contributed by atoms with E-state index in [1.165, 1.54) is 4.91 Å². The number of fused-ring (bicyclic) bond motifs is 1. The van der Waals surface area contributed by atoms with Crippen molar-refractivity contribution in [2.24, 2.45) is 11.5 Å². The Hall–Kier alpha value is -1.18. The summed E-state index contributed by atoms with van der Waals surface area (Å²) in [6.45, 7) is 1.44. The Balaban J connectivity index is 0.00000169. The lowest BCUT2D eigenvalue weighted by Crippen LogP contribution is -2.15. The number of carbonyl (C=O) groups is 1. The molecule has 1 aliphatic heterocycles. The summed E-state index contributed by atoms with van der Waals surface area (Å²) in [4.78, 5) is 16.9. The molecule has 1 aliphatic rings. The Kier molecular flexibility index (Phi) is 9.00. The van der Waals surface area contributed by atoms with E-state index in [9.17, 15) is 4.79 Å². The Bertz CT molecular complexity index is 793. The third-order valence-corrected chi connectivity index (χ3v) is 5.45. The molecule has 2 aromatic rings. The number of allylic oxidation sites excluding steroid dienone is 1. The molecule has 0 spiro atoms. The van der Waals surface area contributed by atoms with Gasteiger partial charge >= 0.3 is 0 Å². The van der Waals surface area contributed by atoms with Gasteiger partial charge in [-0.05, 0) is 29.5 Å². The predicted octanol–water partition coefficient (Wildman–Crippen LogP) is 3.51. The Morgan fingerprint density at radius 3 is 2.77 bits per heavy atom. The minimum atomic E-state index is -0.391. The van der Waals surface area contributed by atoms with Crippen molar-refractivity contribution in [3.05, 3.63) is 45.7 Å². The average Bonchev–Trinajstić information content (AvgIpc) is 2.85. The van der Waals surface area contributed by atoms with Crippen molar-refractivity contribution < 1.29 is 4.79 Å². The number of aromatic nitrogens is 2. The topological polar surface area (TPSA) is 86.9 Å². The van der Waals surface area contributed by atoms with Crippen LogP contribution in [-0.4, -0.2) is 27.8 Å². The lowest BCUT2D eigenvalue weighted by atomic mass is 10.1. The molecule has 3 rings (SSSR count). The van der Waals surface area contributed by atoms with Crippen molar-refractivity contribution in [1.29, 1.82) is 0 Å². The van der Waals surface area contributed by atoms with Crippen LogP contribution in [0.25, 0.3) is 17.3 Å². The van der Waals surface area contributed by atoms with Gasteiger partial charge in [-0.3, -0.25) is 9.78 Å². The summed E-state index contributed by atoms with van der Waals surface area (Å²) in [5, 5.41) is 0.582. The smallest absolute Gasteiger partial charge is 0.221 e. The standard InChI is InChI=1S/C17H19ClN4OS.2ClH/c18-16-13(9-15(20)23)14-8-12(24-7-4-19)3-6-22(14)17(16)11-2-1-5-21-10-11;;/h1-2,5,8,10H,3-4,6-7,9,19H2,(H2,20,23);2*1H. The molecule has 0 fully saturated rings. The van der Waals surface area contributed by atoms with Crippen molar-refractivity contribution in [2.75, 3.05) is 12.3 Å². The molecule has 2 aromatic heterocycles. The van der Waals surface area contributed by atoms with Crippen LogP contribution in [0, 0.1) is 0 Å². The first-order valence-corrected chi connectivity index (χ1v) is 9.11. The number of halogens is 3. The molecule has 0 atom stereocenters. The summed E-state index contributed by atoms with van der Waals surface area (Å²) in [6.07, 6.45) is 6.66. The van der Waals surface area contributed by atoms with Gasteiger partial charge in [-0.2, -0.15) is 0 Å². The number of rotatable bonds is 6. The lowest BCUT2D eigenvalue weighted by Gasteiger charge is -2.19. The third kappa shape index (κ3) is 4.75. The van der Waals surface area contributed by atoms with E-state index >= 15 is 0 Å². The highest BCUT2D eigenvalue weighted by molar-refractivity contribution is 8.03. The molecule has 9 heteroatoms. The number of nitrogens with zero attached hydrogens (tertiary/aromatic N) is 2. The molecule has 0 saturated heterocycles. The second kappa shape index (κ2) is 10.2. The highest BCUT2D eigenvalue weighted by Crippen LogP contribution is 2.40. The van der Waals surface area contributed by atoms with Gasteiger partial charge in [0.25, 0.3) is 0 Å². The van der Waals surface area contributed by atoms with E-state index in [-0.39, 0.29) is 31.2 Å². The number of primary amides is 1. The third-order valence-electron chi connectivity index (χ3n) is 3.91. The molecular weight excluding hydrogens is 415 g/mol. The van der Waals surface area contributed by atoms with Gasteiger partial charge in [0.2, 0.25) is 5.91 Å². The van der Waals surface area contributed by atoms with Crippen LogP contribution in [-0.2, 0) is 17.8 Å². The number of carbonyl (C=O) groups excluding carboxylic acids is 1. The minimum Gasteiger partial charge on any atom is -0.369 e. The van der Waals surface area contributed by atoms with Gasteiger partial charge in [-0.15, -0.1) is 36.6 Å². The van der Waals surface area contributed by atoms with Crippen LogP contribution in [0.1, 0.15) is 17.7 Å². The number of pyridine rings is 1. The molecule has 0 bridgehead atoms. The predicted molar refractivity (Wildman–Crippen MR) is 114 cm³/mol. The molecule has 0 aliphatic carbocycles. The van der Waals surface area contributed by atoms with E-state index in [1.54, 1.807) is 24.2 Å². The van der Waals surface area contributed by atoms with Crippen molar-refractivity contribution in [1.82, 2.24) is 9.55 Å². The van der Waals surface area contributed by atoms with Crippen LogP contribution in [0.5, 0.6) is 0 Å². The Morgan fingerprint density at radius 1 is 1.38 bits per heavy atom. The fourth-order valence-electron chi connectivity index (χ4n) is 2.93. The van der Waals surface area contributed by atoms with Gasteiger partial charge in [0.05, 0.1) is 17.1 Å². The number of nitrogens with two attached hydrogens (primary N) is 2. The fourth-order valence-corrected chi connectivity index (χ4v) is 4.12. The van der Waals surface area contributed by atoms with Crippen LogP contribution in [0.4, 0.5) is 0 Å². The monoisotopic (exact) mass is 434 g/mol. The quantitative estimate of drug-likeness (QED) is 0.727. The second-order valence-electron chi connectivity index (χ2n) is 5.56. The normalized spacial score (nSPS) is 12.5. The van der Waals surface area contributed by atoms with Crippen LogP contribution in [0.3, 0.4) is 0 Å². The zero-order valence-corrected chi connectivity index (χ0v) is 17.2. The van der Waals surface area contributed by atoms with E-state index in [4.69, 9.17) is 23.1 Å². The maximum Gasteiger partial charge on any atom is 0.221 e. The Morgan fingerprint density at radius 2 is 2.15 bits per heavy atom. The molecule has 0 aromatic carbocycles. The van der Waals surface area contributed by atoms with Gasteiger partial charge in [0.1, 0.15) is 0 Å². The van der Waals surface area contributed by atoms with E-state index in [1.807, 2.05) is 12.1 Å².